The predicted molar refractivity (Wildman–Crippen MR) is 108 cm³/mol. The van der Waals surface area contributed by atoms with Crippen molar-refractivity contribution in [1.29, 1.82) is 0 Å². The van der Waals surface area contributed by atoms with Crippen molar-refractivity contribution in [3.63, 3.8) is 0 Å². The van der Waals surface area contributed by atoms with Gasteiger partial charge in [-0.25, -0.2) is 13.2 Å². The second-order valence-corrected chi connectivity index (χ2v) is 8.22. The number of aromatic nitrogens is 1. The van der Waals surface area contributed by atoms with Crippen LogP contribution in [0.25, 0.3) is 10.9 Å². The molecule has 2 rings (SSSR count). The molecule has 0 saturated heterocycles. The van der Waals surface area contributed by atoms with Crippen LogP contribution in [0.2, 0.25) is 0 Å². The van der Waals surface area contributed by atoms with Gasteiger partial charge in [-0.05, 0) is 32.0 Å². The minimum absolute atomic E-state index is 0.00780. The first kappa shape index (κ1) is 22.6. The number of amides is 1. The molecule has 0 aliphatic carbocycles. The van der Waals surface area contributed by atoms with E-state index in [2.05, 4.69) is 10.3 Å². The third kappa shape index (κ3) is 4.83. The molecule has 9 nitrogen and oxygen atoms in total. The number of esters is 1. The Labute approximate surface area is 169 Å². The molecule has 29 heavy (non-hydrogen) atoms. The zero-order chi connectivity index (χ0) is 21.8. The van der Waals surface area contributed by atoms with E-state index >= 15 is 0 Å². The smallest absolute Gasteiger partial charge is 0.339 e. The Bertz CT molecular complexity index is 1070. The molecule has 2 N–H and O–H groups in total. The fourth-order valence-corrected chi connectivity index (χ4v) is 4.36. The highest BCUT2D eigenvalue weighted by Crippen LogP contribution is 2.23. The summed E-state index contributed by atoms with van der Waals surface area (Å²) in [6, 6.07) is 5.16. The van der Waals surface area contributed by atoms with Gasteiger partial charge >= 0.3 is 5.97 Å². The number of benzene rings is 1. The van der Waals surface area contributed by atoms with Gasteiger partial charge in [0.15, 0.2) is 6.10 Å². The number of hydrogen-bond donors (Lipinski definition) is 2. The number of pyridine rings is 1. The molecule has 0 bridgehead atoms. The quantitative estimate of drug-likeness (QED) is 0.615. The van der Waals surface area contributed by atoms with Crippen molar-refractivity contribution < 1.29 is 22.7 Å². The summed E-state index contributed by atoms with van der Waals surface area (Å²) < 4.78 is 32.1. The molecule has 0 aliphatic rings. The van der Waals surface area contributed by atoms with Gasteiger partial charge in [-0.2, -0.15) is 4.31 Å². The first-order chi connectivity index (χ1) is 13.6. The summed E-state index contributed by atoms with van der Waals surface area (Å²) in [6.45, 7) is 7.56. The first-order valence-corrected chi connectivity index (χ1v) is 10.8. The maximum atomic E-state index is 12.8. The van der Waals surface area contributed by atoms with E-state index in [9.17, 15) is 22.8 Å². The van der Waals surface area contributed by atoms with Gasteiger partial charge in [0.25, 0.3) is 5.91 Å². The van der Waals surface area contributed by atoms with Gasteiger partial charge in [-0.3, -0.25) is 9.59 Å². The largest absolute Gasteiger partial charge is 0.449 e. The Morgan fingerprint density at radius 2 is 1.83 bits per heavy atom. The predicted octanol–water partition coefficient (Wildman–Crippen LogP) is 1.24. The number of likely N-dealkylation sites (N-methyl/N-ethyl adjacent to an activating group) is 1. The van der Waals surface area contributed by atoms with Crippen molar-refractivity contribution in [2.75, 3.05) is 19.6 Å². The van der Waals surface area contributed by atoms with Crippen LogP contribution >= 0.6 is 0 Å². The van der Waals surface area contributed by atoms with Gasteiger partial charge in [-0.15, -0.1) is 0 Å². The van der Waals surface area contributed by atoms with E-state index in [0.29, 0.717) is 19.6 Å². The van der Waals surface area contributed by atoms with Gasteiger partial charge in [0.1, 0.15) is 0 Å². The minimum atomic E-state index is -3.76. The Morgan fingerprint density at radius 1 is 1.17 bits per heavy atom. The fraction of sp³-hybridized carbons (Fsp3) is 0.421. The Balaban J connectivity index is 2.54. The van der Waals surface area contributed by atoms with Gasteiger partial charge in [0, 0.05) is 36.6 Å². The summed E-state index contributed by atoms with van der Waals surface area (Å²) in [5.41, 5.74) is -0.375. The normalized spacial score (nSPS) is 12.7. The fourth-order valence-electron chi connectivity index (χ4n) is 2.87. The molecule has 1 aromatic heterocycles. The van der Waals surface area contributed by atoms with Crippen LogP contribution in [-0.4, -0.2) is 55.3 Å². The van der Waals surface area contributed by atoms with Crippen molar-refractivity contribution in [1.82, 2.24) is 14.6 Å². The SMILES string of the molecule is CCNC(=O)[C@@H](C)OC(=O)c1cc(=O)[nH]c2ccc(S(=O)(=O)N(CC)CC)cc12. The molecule has 0 saturated carbocycles. The number of fused-ring (bicyclic) bond motifs is 1. The average Bonchev–Trinajstić information content (AvgIpc) is 2.67. The zero-order valence-electron chi connectivity index (χ0n) is 16.8. The van der Waals surface area contributed by atoms with E-state index in [1.165, 1.54) is 29.4 Å². The zero-order valence-corrected chi connectivity index (χ0v) is 17.6. The number of hydrogen-bond acceptors (Lipinski definition) is 6. The lowest BCUT2D eigenvalue weighted by Crippen LogP contribution is -2.35. The van der Waals surface area contributed by atoms with Crippen LogP contribution in [0.5, 0.6) is 0 Å². The topological polar surface area (TPSA) is 126 Å². The molecule has 2 aromatic rings. The molecule has 0 spiro atoms. The molecule has 0 unspecified atom stereocenters. The number of H-pyrrole nitrogens is 1. The lowest BCUT2D eigenvalue weighted by molar-refractivity contribution is -0.128. The van der Waals surface area contributed by atoms with Crippen LogP contribution in [0.1, 0.15) is 38.1 Å². The van der Waals surface area contributed by atoms with Gasteiger partial charge in [0.05, 0.1) is 10.5 Å². The van der Waals surface area contributed by atoms with E-state index < -0.39 is 33.6 Å². The Kier molecular flexibility index (Phi) is 7.15. The lowest BCUT2D eigenvalue weighted by Gasteiger charge is -2.19. The molecular formula is C19H25N3O6S. The van der Waals surface area contributed by atoms with Crippen LogP contribution in [0, 0.1) is 0 Å². The molecule has 0 aliphatic heterocycles. The Morgan fingerprint density at radius 3 is 2.41 bits per heavy atom. The van der Waals surface area contributed by atoms with E-state index in [4.69, 9.17) is 4.74 Å². The number of rotatable bonds is 8. The number of aromatic amines is 1. The van der Waals surface area contributed by atoms with Crippen molar-refractivity contribution >= 4 is 32.8 Å². The first-order valence-electron chi connectivity index (χ1n) is 9.31. The molecule has 0 fully saturated rings. The van der Waals surface area contributed by atoms with Crippen molar-refractivity contribution in [2.45, 2.75) is 38.7 Å². The summed E-state index contributed by atoms with van der Waals surface area (Å²) in [7, 11) is -3.76. The number of ether oxygens (including phenoxy) is 1. The van der Waals surface area contributed by atoms with Crippen molar-refractivity contribution in [3.05, 3.63) is 40.2 Å². The molecule has 10 heteroatoms. The van der Waals surface area contributed by atoms with Crippen LogP contribution in [0.4, 0.5) is 0 Å². The third-order valence-corrected chi connectivity index (χ3v) is 6.43. The van der Waals surface area contributed by atoms with Gasteiger partial charge in [-0.1, -0.05) is 13.8 Å². The van der Waals surface area contributed by atoms with Gasteiger partial charge < -0.3 is 15.0 Å². The summed E-state index contributed by atoms with van der Waals surface area (Å²) in [5.74, 6) is -1.36. The molecule has 0 radical (unpaired) electrons. The van der Waals surface area contributed by atoms with Crippen molar-refractivity contribution in [2.24, 2.45) is 0 Å². The van der Waals surface area contributed by atoms with E-state index in [1.807, 2.05) is 0 Å². The summed E-state index contributed by atoms with van der Waals surface area (Å²) >= 11 is 0. The summed E-state index contributed by atoms with van der Waals surface area (Å²) in [5, 5.41) is 2.75. The molecule has 1 heterocycles. The van der Waals surface area contributed by atoms with E-state index in [1.54, 1.807) is 20.8 Å². The van der Waals surface area contributed by atoms with Crippen LogP contribution in [0.3, 0.4) is 0 Å². The second-order valence-electron chi connectivity index (χ2n) is 6.29. The highest BCUT2D eigenvalue weighted by atomic mass is 32.2. The maximum absolute atomic E-state index is 12.8. The molecule has 158 valence electrons. The van der Waals surface area contributed by atoms with Crippen LogP contribution in [0.15, 0.2) is 34.0 Å². The molecule has 1 amide bonds. The monoisotopic (exact) mass is 423 g/mol. The summed E-state index contributed by atoms with van der Waals surface area (Å²) in [4.78, 5) is 39.0. The highest BCUT2D eigenvalue weighted by Gasteiger charge is 2.24. The van der Waals surface area contributed by atoms with Crippen LogP contribution < -0.4 is 10.9 Å². The number of sulfonamides is 1. The standard InChI is InChI=1S/C19H25N3O6S/c1-5-20-18(24)12(4)28-19(25)15-11-17(23)21-16-9-8-13(10-14(15)16)29(26,27)22(6-2)7-3/h8-12H,5-7H2,1-4H3,(H,20,24)(H,21,23)/t12-/m1/s1. The van der Waals surface area contributed by atoms with E-state index in [0.717, 1.165) is 6.07 Å². The lowest BCUT2D eigenvalue weighted by atomic mass is 10.1. The van der Waals surface area contributed by atoms with Gasteiger partial charge in [0.2, 0.25) is 15.6 Å². The second kappa shape index (κ2) is 9.19. The van der Waals surface area contributed by atoms with E-state index in [-0.39, 0.29) is 21.4 Å². The molecular weight excluding hydrogens is 398 g/mol. The number of nitrogens with zero attached hydrogens (tertiary/aromatic N) is 1. The molecule has 1 atom stereocenters. The third-order valence-electron chi connectivity index (χ3n) is 4.38. The average molecular weight is 423 g/mol. The highest BCUT2D eigenvalue weighted by molar-refractivity contribution is 7.89. The number of carbonyl (C=O) groups is 2. The maximum Gasteiger partial charge on any atom is 0.339 e. The number of nitrogens with one attached hydrogen (secondary N) is 2. The van der Waals surface area contributed by atoms with Crippen molar-refractivity contribution in [3.8, 4) is 0 Å². The molecule has 1 aromatic carbocycles. The van der Waals surface area contributed by atoms with Crippen LogP contribution in [-0.2, 0) is 19.6 Å². The number of carbonyl (C=O) groups excluding carboxylic acids is 2. The minimum Gasteiger partial charge on any atom is -0.449 e. The summed E-state index contributed by atoms with van der Waals surface area (Å²) in [6.07, 6.45) is -1.07. The Hall–Kier alpha value is -2.72.